The molecule has 0 spiro atoms. The van der Waals surface area contributed by atoms with Gasteiger partial charge in [0.2, 0.25) is 0 Å². The van der Waals surface area contributed by atoms with Crippen LogP contribution in [0.3, 0.4) is 0 Å². The summed E-state index contributed by atoms with van der Waals surface area (Å²) in [4.78, 5) is 10.4. The smallest absolute Gasteiger partial charge is 0.332 e. The van der Waals surface area contributed by atoms with E-state index in [1.807, 2.05) is 0 Å². The fourth-order valence-corrected chi connectivity index (χ4v) is 1.52. The van der Waals surface area contributed by atoms with Crippen molar-refractivity contribution in [2.24, 2.45) is 5.92 Å². The fourth-order valence-electron chi connectivity index (χ4n) is 1.52. The van der Waals surface area contributed by atoms with Gasteiger partial charge in [-0.1, -0.05) is 0 Å². The van der Waals surface area contributed by atoms with Crippen LogP contribution in [0.4, 0.5) is 0 Å². The quantitative estimate of drug-likeness (QED) is 0.584. The zero-order chi connectivity index (χ0) is 7.14. The number of hydrogen-bond acceptors (Lipinski definition) is 2. The predicted molar refractivity (Wildman–Crippen MR) is 33.6 cm³/mol. The van der Waals surface area contributed by atoms with E-state index in [9.17, 15) is 4.79 Å². The summed E-state index contributed by atoms with van der Waals surface area (Å²) in [6.07, 6.45) is 2.61. The summed E-state index contributed by atoms with van der Waals surface area (Å²) in [6, 6.07) is 0. The van der Waals surface area contributed by atoms with Gasteiger partial charge in [0, 0.05) is 0 Å². The molecule has 10 heavy (non-hydrogen) atoms. The van der Waals surface area contributed by atoms with E-state index in [1.54, 1.807) is 0 Å². The van der Waals surface area contributed by atoms with Crippen molar-refractivity contribution in [2.75, 3.05) is 0 Å². The Kier molecular flexibility index (Phi) is 1.20. The maximum atomic E-state index is 10.4. The van der Waals surface area contributed by atoms with Crippen LogP contribution in [0.2, 0.25) is 0 Å². The average Bonchev–Trinajstić information content (AvgIpc) is 2.63. The summed E-state index contributed by atoms with van der Waals surface area (Å²) in [7, 11) is 0. The van der Waals surface area contributed by atoms with Crippen LogP contribution in [0.15, 0.2) is 0 Å². The maximum absolute atomic E-state index is 10.4. The summed E-state index contributed by atoms with van der Waals surface area (Å²) in [6.45, 7) is 0. The summed E-state index contributed by atoms with van der Waals surface area (Å²) in [5, 5.41) is 8.55. The third kappa shape index (κ3) is 0.904. The number of aliphatic carboxylic acids is 1. The minimum atomic E-state index is -0.801. The molecule has 0 amide bonds. The van der Waals surface area contributed by atoms with Gasteiger partial charge in [0.15, 0.2) is 6.10 Å². The van der Waals surface area contributed by atoms with E-state index < -0.39 is 12.1 Å². The second kappa shape index (κ2) is 1.95. The summed E-state index contributed by atoms with van der Waals surface area (Å²) in [5.41, 5.74) is 0. The standard InChI is InChI=1S/C7H10O3/c8-7(9)5-2-1-4-3-6(4)10-5/h4-6H,1-3H2,(H,8,9). The Bertz CT molecular complexity index is 166. The molecule has 3 heteroatoms. The molecule has 1 aliphatic heterocycles. The first-order valence-corrected chi connectivity index (χ1v) is 3.65. The average molecular weight is 142 g/mol. The largest absolute Gasteiger partial charge is 0.479 e. The Morgan fingerprint density at radius 1 is 1.50 bits per heavy atom. The van der Waals surface area contributed by atoms with Gasteiger partial charge in [0.05, 0.1) is 6.10 Å². The molecule has 0 bridgehead atoms. The molecule has 3 atom stereocenters. The third-order valence-corrected chi connectivity index (χ3v) is 2.27. The molecule has 1 N–H and O–H groups in total. The minimum Gasteiger partial charge on any atom is -0.479 e. The molecule has 56 valence electrons. The van der Waals surface area contributed by atoms with Crippen molar-refractivity contribution in [1.29, 1.82) is 0 Å². The molecule has 3 nitrogen and oxygen atoms in total. The van der Waals surface area contributed by atoms with Gasteiger partial charge in [0.25, 0.3) is 0 Å². The summed E-state index contributed by atoms with van der Waals surface area (Å²) >= 11 is 0. The topological polar surface area (TPSA) is 46.5 Å². The summed E-state index contributed by atoms with van der Waals surface area (Å²) in [5.74, 6) is -0.110. The van der Waals surface area contributed by atoms with Crippen LogP contribution >= 0.6 is 0 Å². The summed E-state index contributed by atoms with van der Waals surface area (Å²) < 4.78 is 5.22. The van der Waals surface area contributed by atoms with E-state index >= 15 is 0 Å². The zero-order valence-electron chi connectivity index (χ0n) is 5.62. The lowest BCUT2D eigenvalue weighted by molar-refractivity contribution is -0.154. The van der Waals surface area contributed by atoms with Crippen molar-refractivity contribution >= 4 is 5.97 Å². The van der Waals surface area contributed by atoms with Gasteiger partial charge in [0.1, 0.15) is 0 Å². The number of carboxylic acid groups (broad SMARTS) is 1. The van der Waals surface area contributed by atoms with E-state index in [1.165, 1.54) is 0 Å². The van der Waals surface area contributed by atoms with E-state index in [-0.39, 0.29) is 6.10 Å². The van der Waals surface area contributed by atoms with Crippen molar-refractivity contribution in [1.82, 2.24) is 0 Å². The monoisotopic (exact) mass is 142 g/mol. The second-order valence-corrected chi connectivity index (χ2v) is 3.07. The first-order chi connectivity index (χ1) is 4.77. The SMILES string of the molecule is O=C(O)C1CCC2CC2O1. The van der Waals surface area contributed by atoms with Crippen LogP contribution in [0.5, 0.6) is 0 Å². The van der Waals surface area contributed by atoms with E-state index in [2.05, 4.69) is 0 Å². The van der Waals surface area contributed by atoms with Gasteiger partial charge >= 0.3 is 5.97 Å². The molecule has 2 rings (SSSR count). The van der Waals surface area contributed by atoms with Crippen molar-refractivity contribution in [3.8, 4) is 0 Å². The molecule has 0 aromatic carbocycles. The number of ether oxygens (including phenoxy) is 1. The zero-order valence-corrected chi connectivity index (χ0v) is 5.62. The highest BCUT2D eigenvalue weighted by Crippen LogP contribution is 2.43. The number of fused-ring (bicyclic) bond motifs is 1. The second-order valence-electron chi connectivity index (χ2n) is 3.07. The van der Waals surface area contributed by atoms with Crippen LogP contribution in [-0.2, 0) is 9.53 Å². The first-order valence-electron chi connectivity index (χ1n) is 3.65. The number of carboxylic acids is 1. The number of carbonyl (C=O) groups is 1. The van der Waals surface area contributed by atoms with Crippen LogP contribution in [0.1, 0.15) is 19.3 Å². The lowest BCUT2D eigenvalue weighted by Gasteiger charge is -2.17. The van der Waals surface area contributed by atoms with Crippen LogP contribution in [0, 0.1) is 5.92 Å². The molecule has 1 aliphatic carbocycles. The fraction of sp³-hybridized carbons (Fsp3) is 0.857. The molecule has 1 saturated heterocycles. The van der Waals surface area contributed by atoms with Gasteiger partial charge in [-0.25, -0.2) is 4.79 Å². The number of hydrogen-bond donors (Lipinski definition) is 1. The minimum absolute atomic E-state index is 0.287. The van der Waals surface area contributed by atoms with Crippen LogP contribution in [0.25, 0.3) is 0 Å². The van der Waals surface area contributed by atoms with E-state index in [0.29, 0.717) is 12.3 Å². The Labute approximate surface area is 59.0 Å². The van der Waals surface area contributed by atoms with Crippen molar-refractivity contribution in [3.05, 3.63) is 0 Å². The van der Waals surface area contributed by atoms with Gasteiger partial charge in [-0.2, -0.15) is 0 Å². The predicted octanol–water partition coefficient (Wildman–Crippen LogP) is 0.639. The Morgan fingerprint density at radius 2 is 2.30 bits per heavy atom. The van der Waals surface area contributed by atoms with Crippen molar-refractivity contribution in [3.63, 3.8) is 0 Å². The highest BCUT2D eigenvalue weighted by atomic mass is 16.5. The highest BCUT2D eigenvalue weighted by molar-refractivity contribution is 5.72. The molecular formula is C7H10O3. The number of rotatable bonds is 1. The molecular weight excluding hydrogens is 132 g/mol. The highest BCUT2D eigenvalue weighted by Gasteiger charge is 2.45. The molecule has 1 saturated carbocycles. The van der Waals surface area contributed by atoms with Crippen LogP contribution < -0.4 is 0 Å². The molecule has 0 aromatic heterocycles. The molecule has 2 fully saturated rings. The molecule has 1 heterocycles. The van der Waals surface area contributed by atoms with Gasteiger partial charge in [-0.3, -0.25) is 0 Å². The first kappa shape index (κ1) is 6.16. The lowest BCUT2D eigenvalue weighted by atomic mass is 10.1. The van der Waals surface area contributed by atoms with Gasteiger partial charge in [-0.05, 0) is 25.2 Å². The van der Waals surface area contributed by atoms with Crippen LogP contribution in [-0.4, -0.2) is 23.3 Å². The van der Waals surface area contributed by atoms with Crippen molar-refractivity contribution < 1.29 is 14.6 Å². The van der Waals surface area contributed by atoms with Gasteiger partial charge < -0.3 is 9.84 Å². The van der Waals surface area contributed by atoms with E-state index in [4.69, 9.17) is 9.84 Å². The molecule has 2 aliphatic rings. The molecule has 0 aromatic rings. The molecule has 3 unspecified atom stereocenters. The van der Waals surface area contributed by atoms with E-state index in [0.717, 1.165) is 12.8 Å². The third-order valence-electron chi connectivity index (χ3n) is 2.27. The van der Waals surface area contributed by atoms with Crippen molar-refractivity contribution in [2.45, 2.75) is 31.5 Å². The van der Waals surface area contributed by atoms with Gasteiger partial charge in [-0.15, -0.1) is 0 Å². The Balaban J connectivity index is 1.94. The molecule has 0 radical (unpaired) electrons. The maximum Gasteiger partial charge on any atom is 0.332 e. The Morgan fingerprint density at radius 3 is 2.90 bits per heavy atom. The normalized spacial score (nSPS) is 44.2. The Hall–Kier alpha value is -0.570. The lowest BCUT2D eigenvalue weighted by Crippen LogP contribution is -2.28.